The third-order valence-electron chi connectivity index (χ3n) is 11.9. The van der Waals surface area contributed by atoms with Crippen LogP contribution in [0.1, 0.15) is 78.0 Å². The van der Waals surface area contributed by atoms with Gasteiger partial charge in [0.25, 0.3) is 0 Å². The molecular weight excluding hydrogens is 1080 g/mol. The molecule has 1 heterocycles. The van der Waals surface area contributed by atoms with E-state index in [1.807, 2.05) is 0 Å². The Kier molecular flexibility index (Phi) is 29.8. The summed E-state index contributed by atoms with van der Waals surface area (Å²) in [6.07, 6.45) is 0.624. The van der Waals surface area contributed by atoms with Crippen molar-refractivity contribution in [3.63, 3.8) is 0 Å². The van der Waals surface area contributed by atoms with Gasteiger partial charge in [-0.3, -0.25) is 57.5 Å². The van der Waals surface area contributed by atoms with Gasteiger partial charge in [0.2, 0.25) is 70.9 Å². The Morgan fingerprint density at radius 1 is 0.524 bits per heavy atom. The van der Waals surface area contributed by atoms with E-state index in [4.69, 9.17) is 17.2 Å². The summed E-state index contributed by atoms with van der Waals surface area (Å²) in [4.78, 5) is 176. The third-order valence-corrected chi connectivity index (χ3v) is 11.9. The maximum absolute atomic E-state index is 13.8. The van der Waals surface area contributed by atoms with Gasteiger partial charge in [0.15, 0.2) is 0 Å². The van der Waals surface area contributed by atoms with Crippen LogP contribution in [0.5, 0.6) is 0 Å². The highest BCUT2D eigenvalue weighted by Gasteiger charge is 2.35. The first kappa shape index (κ1) is 69.5. The maximum Gasteiger partial charge on any atom is 0.328 e. The number of amides is 12. The lowest BCUT2D eigenvalue weighted by Crippen LogP contribution is -2.61. The predicted molar refractivity (Wildman–Crippen MR) is 287 cm³/mol. The van der Waals surface area contributed by atoms with Crippen LogP contribution < -0.4 is 70.4 Å². The Bertz CT molecular complexity index is 2520. The van der Waals surface area contributed by atoms with Gasteiger partial charge in [0.1, 0.15) is 54.4 Å². The average Bonchev–Trinajstić information content (AvgIpc) is 3.96. The Morgan fingerprint density at radius 3 is 1.49 bits per heavy atom. The summed E-state index contributed by atoms with van der Waals surface area (Å²) in [5, 5.41) is 62.1. The first-order valence-corrected chi connectivity index (χ1v) is 26.0. The van der Waals surface area contributed by atoms with Gasteiger partial charge in [-0.1, -0.05) is 58.0 Å². The SMILES string of the molecule is CC(C)C[C@H](NC(=O)[C@H](Cc1ccccc1)NC(=O)CNC(=O)[C@H](CO)NC(=O)[C@H](CC(C)C)NC(=O)[C@H](CC(N)=O)NC(=O)[C@H](CCC(N)=O)NC(=O)[C@H](CO)NC(=O)[C@H](C)NC(=O)[C@@H](N)Cc1cnc[nH]1)C(=O)N[C@@H](CO)C(=O)O. The van der Waals surface area contributed by atoms with Crippen LogP contribution in [0.2, 0.25) is 0 Å². The number of hydrogen-bond acceptors (Lipinski definition) is 18. The number of aromatic amines is 1. The molecule has 10 atom stereocenters. The van der Waals surface area contributed by atoms with Crippen molar-refractivity contribution < 1.29 is 82.8 Å². The van der Waals surface area contributed by atoms with Gasteiger partial charge in [-0.05, 0) is 43.6 Å². The fourth-order valence-electron chi connectivity index (χ4n) is 7.58. The van der Waals surface area contributed by atoms with Crippen molar-refractivity contribution in [1.29, 1.82) is 0 Å². The number of aromatic nitrogens is 2. The number of rotatable bonds is 37. The molecule has 21 N–H and O–H groups in total. The molecule has 2 aromatic rings. The van der Waals surface area contributed by atoms with Gasteiger partial charge in [-0.15, -0.1) is 0 Å². The highest BCUT2D eigenvalue weighted by atomic mass is 16.4. The molecule has 2 rings (SSSR count). The number of nitrogens with one attached hydrogen (secondary N) is 11. The van der Waals surface area contributed by atoms with Crippen LogP contribution in [0.4, 0.5) is 0 Å². The molecule has 0 saturated heterocycles. The fourth-order valence-corrected chi connectivity index (χ4v) is 7.58. The van der Waals surface area contributed by atoms with Crippen LogP contribution >= 0.6 is 0 Å². The van der Waals surface area contributed by atoms with Gasteiger partial charge >= 0.3 is 5.97 Å². The Balaban J connectivity index is 2.22. The van der Waals surface area contributed by atoms with E-state index in [0.29, 0.717) is 11.3 Å². The number of primary amides is 2. The number of carbonyl (C=O) groups excluding carboxylic acids is 12. The number of aliphatic carboxylic acids is 1. The van der Waals surface area contributed by atoms with Crippen molar-refractivity contribution in [2.24, 2.45) is 29.0 Å². The second-order valence-electron chi connectivity index (χ2n) is 19.9. The first-order chi connectivity index (χ1) is 38.6. The minimum Gasteiger partial charge on any atom is -0.480 e. The molecule has 0 radical (unpaired) electrons. The molecule has 0 aliphatic heterocycles. The standard InChI is InChI=1S/C50H77N15O17/c1-24(2)13-31(45(76)64-35(20-66)43(74)55-19-40(71)58-33(15-27-9-7-6-8-10-27)47(78)60-32(14-25(3)4)46(77)65-37(22-68)50(81)82)61-48(79)34(17-39(53)70)62-44(75)30(11-12-38(52)69)59-49(80)36(21-67)63-41(72)26(5)57-42(73)29(51)16-28-18-54-23-56-28/h6-10,18,23-26,29-37,66-68H,11-17,19-22,51H2,1-5H3,(H2,52,69)(H2,53,70)(H,54,56)(H,55,74)(H,57,73)(H,58,71)(H,59,80)(H,60,78)(H,61,79)(H,62,75)(H,63,72)(H,64,76)(H,65,77)(H,81,82)/t26-,29-,30-,31-,32-,33-,34-,35-,36-,37-/m0/s1. The summed E-state index contributed by atoms with van der Waals surface area (Å²) in [5.41, 5.74) is 17.7. The lowest BCUT2D eigenvalue weighted by molar-refractivity contribution is -0.143. The summed E-state index contributed by atoms with van der Waals surface area (Å²) >= 11 is 0. The highest BCUT2D eigenvalue weighted by molar-refractivity contribution is 5.99. The van der Waals surface area contributed by atoms with Crippen LogP contribution in [-0.4, -0.2) is 194 Å². The number of aliphatic hydroxyl groups is 3. The Hall–Kier alpha value is -8.62. The number of imidazole rings is 1. The van der Waals surface area contributed by atoms with Crippen molar-refractivity contribution in [2.45, 2.75) is 140 Å². The summed E-state index contributed by atoms with van der Waals surface area (Å²) in [5.74, 6) is -14.4. The molecular formula is C50H77N15O17. The maximum atomic E-state index is 13.8. The minimum absolute atomic E-state index is 0.0228. The van der Waals surface area contributed by atoms with Crippen LogP contribution in [0.3, 0.4) is 0 Å². The molecule has 0 aliphatic rings. The van der Waals surface area contributed by atoms with Crippen molar-refractivity contribution >= 4 is 76.9 Å². The van der Waals surface area contributed by atoms with E-state index in [0.717, 1.165) is 0 Å². The topological polar surface area (TPSA) is 530 Å². The van der Waals surface area contributed by atoms with E-state index in [1.54, 1.807) is 58.0 Å². The Morgan fingerprint density at radius 2 is 0.988 bits per heavy atom. The molecule has 32 heteroatoms. The summed E-state index contributed by atoms with van der Waals surface area (Å²) in [7, 11) is 0. The molecule has 1 aromatic heterocycles. The van der Waals surface area contributed by atoms with Gasteiger partial charge in [-0.2, -0.15) is 0 Å². The van der Waals surface area contributed by atoms with Crippen molar-refractivity contribution in [1.82, 2.24) is 63.1 Å². The van der Waals surface area contributed by atoms with E-state index in [9.17, 15) is 82.8 Å². The molecule has 0 fully saturated rings. The van der Waals surface area contributed by atoms with Crippen molar-refractivity contribution in [2.75, 3.05) is 26.4 Å². The summed E-state index contributed by atoms with van der Waals surface area (Å²) in [6.45, 7) is 4.13. The number of carbonyl (C=O) groups is 13. The number of aliphatic hydroxyl groups excluding tert-OH is 3. The second kappa shape index (κ2) is 35.2. The van der Waals surface area contributed by atoms with Gasteiger partial charge in [-0.25, -0.2) is 9.78 Å². The van der Waals surface area contributed by atoms with Crippen molar-refractivity contribution in [3.8, 4) is 0 Å². The van der Waals surface area contributed by atoms with E-state index in [2.05, 4.69) is 63.1 Å². The number of H-pyrrole nitrogens is 1. The number of carboxylic acids is 1. The van der Waals surface area contributed by atoms with Crippen LogP contribution in [0.15, 0.2) is 42.9 Å². The lowest BCUT2D eigenvalue weighted by atomic mass is 10.0. The summed E-state index contributed by atoms with van der Waals surface area (Å²) in [6, 6.07) is -7.19. The van der Waals surface area contributed by atoms with E-state index < -0.39 is 183 Å². The minimum atomic E-state index is -1.88. The van der Waals surface area contributed by atoms with Crippen LogP contribution in [-0.2, 0) is 75.2 Å². The molecule has 454 valence electrons. The Labute approximate surface area is 471 Å². The third kappa shape index (κ3) is 25.2. The van der Waals surface area contributed by atoms with Crippen LogP contribution in [0.25, 0.3) is 0 Å². The molecule has 82 heavy (non-hydrogen) atoms. The molecule has 0 aliphatic carbocycles. The van der Waals surface area contributed by atoms with Gasteiger partial charge < -0.3 is 95.8 Å². The van der Waals surface area contributed by atoms with E-state index in [1.165, 1.54) is 19.4 Å². The van der Waals surface area contributed by atoms with Crippen molar-refractivity contribution in [3.05, 3.63) is 54.1 Å². The van der Waals surface area contributed by atoms with Crippen LogP contribution in [0, 0.1) is 11.8 Å². The quantitative estimate of drug-likeness (QED) is 0.0299. The molecule has 12 amide bonds. The smallest absolute Gasteiger partial charge is 0.328 e. The predicted octanol–water partition coefficient (Wildman–Crippen LogP) is -7.68. The summed E-state index contributed by atoms with van der Waals surface area (Å²) < 4.78 is 0. The molecule has 0 unspecified atom stereocenters. The zero-order valence-electron chi connectivity index (χ0n) is 46.0. The van der Waals surface area contributed by atoms with E-state index in [-0.39, 0.29) is 37.5 Å². The normalized spacial score (nSPS) is 14.7. The number of nitrogens with zero attached hydrogens (tertiary/aromatic N) is 1. The molecule has 0 bridgehead atoms. The first-order valence-electron chi connectivity index (χ1n) is 26.0. The zero-order chi connectivity index (χ0) is 61.8. The zero-order valence-corrected chi connectivity index (χ0v) is 46.0. The fraction of sp³-hybridized carbons (Fsp3) is 0.560. The number of nitrogens with two attached hydrogens (primary N) is 3. The largest absolute Gasteiger partial charge is 0.480 e. The molecule has 32 nitrogen and oxygen atoms in total. The number of carboxylic acid groups (broad SMARTS) is 1. The second-order valence-corrected chi connectivity index (χ2v) is 19.9. The lowest BCUT2D eigenvalue weighted by Gasteiger charge is -2.27. The number of hydrogen-bond donors (Lipinski definition) is 18. The molecule has 0 spiro atoms. The molecule has 1 aromatic carbocycles. The monoisotopic (exact) mass is 1160 g/mol. The van der Waals surface area contributed by atoms with Gasteiger partial charge in [0.05, 0.1) is 45.2 Å². The van der Waals surface area contributed by atoms with Gasteiger partial charge in [0, 0.05) is 31.2 Å². The highest BCUT2D eigenvalue weighted by Crippen LogP contribution is 2.11. The van der Waals surface area contributed by atoms with E-state index >= 15 is 0 Å². The molecule has 0 saturated carbocycles. The number of benzene rings is 1. The average molecular weight is 1160 g/mol.